The van der Waals surface area contributed by atoms with Crippen molar-refractivity contribution in [2.75, 3.05) is 13.6 Å². The van der Waals surface area contributed by atoms with E-state index in [1.54, 1.807) is 0 Å². The van der Waals surface area contributed by atoms with Crippen molar-refractivity contribution in [2.24, 2.45) is 5.92 Å². The second-order valence-corrected chi connectivity index (χ2v) is 4.75. The third-order valence-corrected chi connectivity index (χ3v) is 3.23. The van der Waals surface area contributed by atoms with Crippen LogP contribution >= 0.6 is 0 Å². The molecule has 0 rings (SSSR count). The van der Waals surface area contributed by atoms with Gasteiger partial charge in [0.1, 0.15) is 0 Å². The highest BCUT2D eigenvalue weighted by Crippen LogP contribution is 2.20. The molecule has 1 heteroatoms. The summed E-state index contributed by atoms with van der Waals surface area (Å²) in [5, 5.41) is 3.28. The summed E-state index contributed by atoms with van der Waals surface area (Å²) < 4.78 is 0. The van der Waals surface area contributed by atoms with E-state index >= 15 is 0 Å². The van der Waals surface area contributed by atoms with Gasteiger partial charge >= 0.3 is 0 Å². The predicted molar refractivity (Wildman–Crippen MR) is 70.3 cm³/mol. The minimum atomic E-state index is 0.981. The number of nitrogens with one attached hydrogen (secondary N) is 1. The molecular formula is C14H31N. The smallest absolute Gasteiger partial charge is 0.00493 e. The van der Waals surface area contributed by atoms with Crippen LogP contribution in [0.2, 0.25) is 0 Å². The van der Waals surface area contributed by atoms with Gasteiger partial charge in [-0.05, 0) is 25.9 Å². The fraction of sp³-hybridized carbons (Fsp3) is 1.00. The minimum absolute atomic E-state index is 0.981. The van der Waals surface area contributed by atoms with Crippen LogP contribution in [-0.4, -0.2) is 13.6 Å². The van der Waals surface area contributed by atoms with E-state index in [-0.39, 0.29) is 0 Å². The van der Waals surface area contributed by atoms with Crippen molar-refractivity contribution in [3.63, 3.8) is 0 Å². The zero-order chi connectivity index (χ0) is 11.4. The fourth-order valence-electron chi connectivity index (χ4n) is 2.13. The van der Waals surface area contributed by atoms with Crippen LogP contribution in [0.3, 0.4) is 0 Å². The molecule has 0 aliphatic carbocycles. The lowest BCUT2D eigenvalue weighted by Gasteiger charge is -2.16. The molecule has 0 fully saturated rings. The van der Waals surface area contributed by atoms with Crippen LogP contribution in [0.5, 0.6) is 0 Å². The van der Waals surface area contributed by atoms with Crippen molar-refractivity contribution in [3.8, 4) is 0 Å². The molecule has 0 aromatic carbocycles. The van der Waals surface area contributed by atoms with Gasteiger partial charge in [0.25, 0.3) is 0 Å². The highest BCUT2D eigenvalue weighted by molar-refractivity contribution is 4.61. The van der Waals surface area contributed by atoms with Gasteiger partial charge in [-0.2, -0.15) is 0 Å². The Bertz CT molecular complexity index is 104. The Morgan fingerprint density at radius 1 is 0.800 bits per heavy atom. The van der Waals surface area contributed by atoms with Gasteiger partial charge in [0, 0.05) is 0 Å². The lowest BCUT2D eigenvalue weighted by molar-refractivity contribution is 0.384. The zero-order valence-corrected chi connectivity index (χ0v) is 11.1. The average Bonchev–Trinajstić information content (AvgIpc) is 2.27. The van der Waals surface area contributed by atoms with Gasteiger partial charge in [-0.15, -0.1) is 0 Å². The van der Waals surface area contributed by atoms with Gasteiger partial charge in [0.15, 0.2) is 0 Å². The first-order valence-corrected chi connectivity index (χ1v) is 6.99. The maximum Gasteiger partial charge on any atom is -0.00493 e. The van der Waals surface area contributed by atoms with Gasteiger partial charge in [-0.3, -0.25) is 0 Å². The SMILES string of the molecule is CCCCCCC(CCCC)CCNC. The highest BCUT2D eigenvalue weighted by Gasteiger charge is 2.07. The summed E-state index contributed by atoms with van der Waals surface area (Å²) in [6, 6.07) is 0. The third-order valence-electron chi connectivity index (χ3n) is 3.23. The monoisotopic (exact) mass is 213 g/mol. The number of rotatable bonds is 11. The first-order chi connectivity index (χ1) is 7.35. The van der Waals surface area contributed by atoms with Crippen LogP contribution in [0, 0.1) is 5.92 Å². The quantitative estimate of drug-likeness (QED) is 0.502. The van der Waals surface area contributed by atoms with Gasteiger partial charge in [0.05, 0.1) is 0 Å². The summed E-state index contributed by atoms with van der Waals surface area (Å²) in [6.45, 7) is 5.78. The van der Waals surface area contributed by atoms with Crippen LogP contribution in [0.15, 0.2) is 0 Å². The highest BCUT2D eigenvalue weighted by atomic mass is 14.8. The topological polar surface area (TPSA) is 12.0 Å². The van der Waals surface area contributed by atoms with Crippen molar-refractivity contribution in [1.82, 2.24) is 5.32 Å². The van der Waals surface area contributed by atoms with Gasteiger partial charge in [0.2, 0.25) is 0 Å². The summed E-state index contributed by atoms with van der Waals surface area (Å²) in [5.74, 6) is 0.981. The molecule has 0 aliphatic rings. The standard InChI is InChI=1S/C14H31N/c1-4-6-8-9-11-14(10-7-5-2)12-13-15-3/h14-15H,4-13H2,1-3H3. The Morgan fingerprint density at radius 2 is 1.47 bits per heavy atom. The van der Waals surface area contributed by atoms with Crippen LogP contribution in [-0.2, 0) is 0 Å². The molecule has 1 N–H and O–H groups in total. The van der Waals surface area contributed by atoms with E-state index in [2.05, 4.69) is 26.2 Å². The Hall–Kier alpha value is -0.0400. The van der Waals surface area contributed by atoms with E-state index in [0.717, 1.165) is 5.92 Å². The van der Waals surface area contributed by atoms with E-state index in [9.17, 15) is 0 Å². The molecule has 92 valence electrons. The van der Waals surface area contributed by atoms with E-state index in [1.807, 2.05) is 0 Å². The molecule has 0 saturated carbocycles. The fourth-order valence-corrected chi connectivity index (χ4v) is 2.13. The molecule has 1 nitrogen and oxygen atoms in total. The lowest BCUT2D eigenvalue weighted by Crippen LogP contribution is -2.13. The molecule has 1 atom stereocenters. The maximum absolute atomic E-state index is 3.28. The van der Waals surface area contributed by atoms with Crippen LogP contribution in [0.4, 0.5) is 0 Å². The predicted octanol–water partition coefficient (Wildman–Crippen LogP) is 4.37. The molecule has 0 aromatic heterocycles. The molecule has 0 radical (unpaired) electrons. The normalized spacial score (nSPS) is 13.0. The van der Waals surface area contributed by atoms with Gasteiger partial charge in [-0.25, -0.2) is 0 Å². The van der Waals surface area contributed by atoms with Crippen molar-refractivity contribution in [1.29, 1.82) is 0 Å². The third kappa shape index (κ3) is 10.2. The second kappa shape index (κ2) is 12.0. The molecule has 0 spiro atoms. The molecular weight excluding hydrogens is 182 g/mol. The Kier molecular flexibility index (Phi) is 12.0. The van der Waals surface area contributed by atoms with E-state index in [1.165, 1.54) is 64.3 Å². The lowest BCUT2D eigenvalue weighted by atomic mass is 9.92. The molecule has 0 saturated heterocycles. The molecule has 15 heavy (non-hydrogen) atoms. The zero-order valence-electron chi connectivity index (χ0n) is 11.1. The molecule has 0 heterocycles. The Balaban J connectivity index is 3.49. The van der Waals surface area contributed by atoms with E-state index in [4.69, 9.17) is 0 Å². The first-order valence-electron chi connectivity index (χ1n) is 6.99. The maximum atomic E-state index is 3.28. The summed E-state index contributed by atoms with van der Waals surface area (Å²) in [4.78, 5) is 0. The van der Waals surface area contributed by atoms with E-state index in [0.29, 0.717) is 0 Å². The molecule has 0 aromatic rings. The second-order valence-electron chi connectivity index (χ2n) is 4.75. The van der Waals surface area contributed by atoms with Crippen LogP contribution < -0.4 is 5.32 Å². The van der Waals surface area contributed by atoms with Crippen molar-refractivity contribution < 1.29 is 0 Å². The molecule has 0 bridgehead atoms. The van der Waals surface area contributed by atoms with Gasteiger partial charge < -0.3 is 5.32 Å². The molecule has 1 unspecified atom stereocenters. The average molecular weight is 213 g/mol. The minimum Gasteiger partial charge on any atom is -0.320 e. The number of hydrogen-bond acceptors (Lipinski definition) is 1. The molecule has 0 aliphatic heterocycles. The summed E-state index contributed by atoms with van der Waals surface area (Å²) in [6.07, 6.45) is 12.7. The van der Waals surface area contributed by atoms with Gasteiger partial charge in [-0.1, -0.05) is 65.2 Å². The number of unbranched alkanes of at least 4 members (excludes halogenated alkanes) is 4. The largest absolute Gasteiger partial charge is 0.320 e. The summed E-state index contributed by atoms with van der Waals surface area (Å²) in [7, 11) is 2.06. The van der Waals surface area contributed by atoms with Crippen LogP contribution in [0.25, 0.3) is 0 Å². The van der Waals surface area contributed by atoms with Crippen LogP contribution in [0.1, 0.15) is 71.6 Å². The Labute approximate surface area is 97.0 Å². The molecule has 0 amide bonds. The van der Waals surface area contributed by atoms with Crippen molar-refractivity contribution in [3.05, 3.63) is 0 Å². The van der Waals surface area contributed by atoms with Crippen molar-refractivity contribution >= 4 is 0 Å². The van der Waals surface area contributed by atoms with E-state index < -0.39 is 0 Å². The number of hydrogen-bond donors (Lipinski definition) is 1. The first kappa shape index (κ1) is 15.0. The Morgan fingerprint density at radius 3 is 2.07 bits per heavy atom. The van der Waals surface area contributed by atoms with Crippen molar-refractivity contribution in [2.45, 2.75) is 71.6 Å². The summed E-state index contributed by atoms with van der Waals surface area (Å²) >= 11 is 0. The summed E-state index contributed by atoms with van der Waals surface area (Å²) in [5.41, 5.74) is 0.